The van der Waals surface area contributed by atoms with Crippen molar-refractivity contribution in [2.75, 3.05) is 7.11 Å². The van der Waals surface area contributed by atoms with E-state index in [1.165, 1.54) is 30.5 Å². The lowest BCUT2D eigenvalue weighted by Crippen LogP contribution is -2.15. The first-order chi connectivity index (χ1) is 13.7. The number of aliphatic hydroxyl groups excluding tert-OH is 1. The van der Waals surface area contributed by atoms with Gasteiger partial charge in [-0.1, -0.05) is 19.3 Å². The maximum Gasteiger partial charge on any atom is 0.146 e. The fourth-order valence-electron chi connectivity index (χ4n) is 4.24. The first-order valence-corrected chi connectivity index (χ1v) is 10.3. The van der Waals surface area contributed by atoms with Gasteiger partial charge < -0.3 is 19.8 Å². The lowest BCUT2D eigenvalue weighted by atomic mass is 9.87. The lowest BCUT2D eigenvalue weighted by molar-refractivity contribution is 0.155. The van der Waals surface area contributed by atoms with E-state index in [0.717, 1.165) is 47.8 Å². The van der Waals surface area contributed by atoms with Gasteiger partial charge in [0.1, 0.15) is 11.5 Å². The molecule has 2 aromatic heterocycles. The molecule has 148 valence electrons. The highest BCUT2D eigenvalue weighted by molar-refractivity contribution is 6.11. The summed E-state index contributed by atoms with van der Waals surface area (Å²) in [6.45, 7) is 1.90. The van der Waals surface area contributed by atoms with Gasteiger partial charge in [-0.3, -0.25) is 0 Å². The van der Waals surface area contributed by atoms with Crippen LogP contribution in [0.15, 0.2) is 46.9 Å². The molecule has 2 bridgehead atoms. The normalized spacial score (nSPS) is 22.7. The molecule has 0 spiro atoms. The summed E-state index contributed by atoms with van der Waals surface area (Å²) in [5.41, 5.74) is 6.12. The molecule has 0 saturated carbocycles. The highest BCUT2D eigenvalue weighted by Crippen LogP contribution is 2.34. The van der Waals surface area contributed by atoms with Crippen LogP contribution < -0.4 is 0 Å². The zero-order valence-electron chi connectivity index (χ0n) is 16.7. The van der Waals surface area contributed by atoms with Gasteiger partial charge in [0.05, 0.1) is 24.6 Å². The van der Waals surface area contributed by atoms with Crippen LogP contribution >= 0.6 is 0 Å². The number of nitrogens with one attached hydrogen (secondary N) is 2. The summed E-state index contributed by atoms with van der Waals surface area (Å²) in [6.07, 6.45) is 12.4. The number of hydrogen-bond donors (Lipinski definition) is 3. The summed E-state index contributed by atoms with van der Waals surface area (Å²) < 4.78 is 5.58. The quantitative estimate of drug-likeness (QED) is 0.721. The van der Waals surface area contributed by atoms with Crippen molar-refractivity contribution in [3.63, 3.8) is 0 Å². The lowest BCUT2D eigenvalue weighted by Gasteiger charge is -2.20. The van der Waals surface area contributed by atoms with Crippen molar-refractivity contribution in [3.05, 3.63) is 64.6 Å². The zero-order valence-corrected chi connectivity index (χ0v) is 16.7. The number of allylic oxidation sites excluding steroid dienone is 1. The second-order valence-corrected chi connectivity index (χ2v) is 7.79. The number of methoxy groups -OCH3 is 1. The van der Waals surface area contributed by atoms with E-state index in [4.69, 9.17) is 9.73 Å². The third kappa shape index (κ3) is 3.85. The minimum absolute atomic E-state index is 0.137. The third-order valence-corrected chi connectivity index (χ3v) is 5.77. The van der Waals surface area contributed by atoms with Gasteiger partial charge in [0.25, 0.3) is 0 Å². The Balaban J connectivity index is 1.74. The number of rotatable bonds is 4. The minimum Gasteiger partial charge on any atom is -0.494 e. The van der Waals surface area contributed by atoms with Crippen molar-refractivity contribution in [2.45, 2.75) is 57.5 Å². The van der Waals surface area contributed by atoms with Gasteiger partial charge in [0.2, 0.25) is 0 Å². The highest BCUT2D eigenvalue weighted by atomic mass is 16.5. The fraction of sp³-hybridized carbons (Fsp3) is 0.435. The van der Waals surface area contributed by atoms with E-state index < -0.39 is 0 Å². The summed E-state index contributed by atoms with van der Waals surface area (Å²) in [5, 5.41) is 10.4. The number of ether oxygens (including phenoxy) is 1. The van der Waals surface area contributed by atoms with E-state index >= 15 is 0 Å². The molecule has 4 rings (SSSR count). The first kappa shape index (κ1) is 18.8. The predicted molar refractivity (Wildman–Crippen MR) is 112 cm³/mol. The van der Waals surface area contributed by atoms with Crippen molar-refractivity contribution in [1.82, 2.24) is 9.97 Å². The summed E-state index contributed by atoms with van der Waals surface area (Å²) in [6, 6.07) is 6.21. The molecule has 3 heterocycles. The topological polar surface area (TPSA) is 73.4 Å². The van der Waals surface area contributed by atoms with Crippen LogP contribution in [0.1, 0.15) is 67.6 Å². The summed E-state index contributed by atoms with van der Waals surface area (Å²) >= 11 is 0. The number of aliphatic imine (C=N–C) groups is 1. The molecule has 2 unspecified atom stereocenters. The van der Waals surface area contributed by atoms with Crippen molar-refractivity contribution >= 4 is 11.8 Å². The summed E-state index contributed by atoms with van der Waals surface area (Å²) in [5.74, 6) is 0.891. The molecule has 0 saturated heterocycles. The van der Waals surface area contributed by atoms with Gasteiger partial charge in [-0.2, -0.15) is 0 Å². The second kappa shape index (κ2) is 8.23. The Morgan fingerprint density at radius 3 is 2.89 bits per heavy atom. The molecule has 0 fully saturated rings. The monoisotopic (exact) mass is 379 g/mol. The van der Waals surface area contributed by atoms with Crippen molar-refractivity contribution in [3.8, 4) is 0 Å². The van der Waals surface area contributed by atoms with Gasteiger partial charge >= 0.3 is 0 Å². The molecule has 0 radical (unpaired) electrons. The Morgan fingerprint density at radius 1 is 1.29 bits per heavy atom. The van der Waals surface area contributed by atoms with E-state index in [1.807, 2.05) is 31.3 Å². The molecule has 2 aliphatic rings. The number of nitrogens with zero attached hydrogens (tertiary/aromatic N) is 1. The third-order valence-electron chi connectivity index (χ3n) is 5.77. The standard InChI is InChI=1S/C23H29N3O2/c1-15(27)17-9-6-4-3-5-8-16-12-18(17)20(25-16)13-22-23(28-2)14-21(26-22)19-10-7-11-24-19/h7,10-15,17,24-25,27H,3-6,8-9H2,1-2H3/b22-13+. The van der Waals surface area contributed by atoms with Crippen molar-refractivity contribution in [2.24, 2.45) is 4.99 Å². The molecule has 1 aliphatic carbocycles. The van der Waals surface area contributed by atoms with Crippen LogP contribution in [0.25, 0.3) is 6.08 Å². The maximum atomic E-state index is 10.4. The van der Waals surface area contributed by atoms with Crippen molar-refractivity contribution < 1.29 is 9.84 Å². The Kier molecular flexibility index (Phi) is 5.53. The van der Waals surface area contributed by atoms with E-state index in [1.54, 1.807) is 7.11 Å². The molecule has 5 nitrogen and oxygen atoms in total. The second-order valence-electron chi connectivity index (χ2n) is 7.79. The molecular weight excluding hydrogens is 350 g/mol. The number of aromatic nitrogens is 2. The largest absolute Gasteiger partial charge is 0.494 e. The minimum atomic E-state index is -0.376. The Bertz CT molecular complexity index is 900. The van der Waals surface area contributed by atoms with E-state index in [-0.39, 0.29) is 12.0 Å². The van der Waals surface area contributed by atoms with E-state index in [0.29, 0.717) is 0 Å². The smallest absolute Gasteiger partial charge is 0.146 e. The Morgan fingerprint density at radius 2 is 2.14 bits per heavy atom. The number of H-pyrrole nitrogens is 2. The van der Waals surface area contributed by atoms with Gasteiger partial charge in [0.15, 0.2) is 0 Å². The van der Waals surface area contributed by atoms with Gasteiger partial charge in [-0.15, -0.1) is 0 Å². The molecule has 0 amide bonds. The molecular formula is C23H29N3O2. The maximum absolute atomic E-state index is 10.4. The highest BCUT2D eigenvalue weighted by Gasteiger charge is 2.24. The van der Waals surface area contributed by atoms with Gasteiger partial charge in [-0.25, -0.2) is 4.99 Å². The van der Waals surface area contributed by atoms with Crippen LogP contribution in [0, 0.1) is 0 Å². The molecule has 28 heavy (non-hydrogen) atoms. The SMILES string of the molecule is COC1=CC(c2ccc[nH]2)=N/C1=C/c1[nH]c2cc1C(C(C)O)CCCCCC2. The van der Waals surface area contributed by atoms with Crippen LogP contribution in [0.4, 0.5) is 0 Å². The average molecular weight is 380 g/mol. The average Bonchev–Trinajstić information content (AvgIpc) is 3.41. The van der Waals surface area contributed by atoms with Gasteiger partial charge in [-0.05, 0) is 56.0 Å². The number of aliphatic hydroxyl groups is 1. The predicted octanol–water partition coefficient (Wildman–Crippen LogP) is 4.69. The Hall–Kier alpha value is -2.53. The number of aryl methyl sites for hydroxylation is 1. The zero-order chi connectivity index (χ0) is 19.5. The molecule has 1 aliphatic heterocycles. The van der Waals surface area contributed by atoms with E-state index in [2.05, 4.69) is 22.1 Å². The van der Waals surface area contributed by atoms with Crippen LogP contribution in [-0.4, -0.2) is 34.0 Å². The summed E-state index contributed by atoms with van der Waals surface area (Å²) in [4.78, 5) is 11.6. The fourth-order valence-corrected chi connectivity index (χ4v) is 4.24. The number of aromatic amines is 2. The van der Waals surface area contributed by atoms with Crippen LogP contribution in [0.2, 0.25) is 0 Å². The number of hydrogen-bond acceptors (Lipinski definition) is 3. The van der Waals surface area contributed by atoms with Crippen LogP contribution in [-0.2, 0) is 11.2 Å². The van der Waals surface area contributed by atoms with E-state index in [9.17, 15) is 5.11 Å². The molecule has 2 aromatic rings. The van der Waals surface area contributed by atoms with Crippen LogP contribution in [0.5, 0.6) is 0 Å². The Labute approximate surface area is 166 Å². The van der Waals surface area contributed by atoms with Gasteiger partial charge in [0, 0.05) is 29.6 Å². The number of fused-ring (bicyclic) bond motifs is 2. The molecule has 3 N–H and O–H groups in total. The molecule has 2 atom stereocenters. The summed E-state index contributed by atoms with van der Waals surface area (Å²) in [7, 11) is 1.68. The molecule has 5 heteroatoms. The molecule has 0 aromatic carbocycles. The first-order valence-electron chi connectivity index (χ1n) is 10.3. The van der Waals surface area contributed by atoms with Crippen LogP contribution in [0.3, 0.4) is 0 Å². The van der Waals surface area contributed by atoms with Crippen molar-refractivity contribution in [1.29, 1.82) is 0 Å².